The zero-order chi connectivity index (χ0) is 13.7. The van der Waals surface area contributed by atoms with Crippen molar-refractivity contribution in [2.45, 2.75) is 31.7 Å². The van der Waals surface area contributed by atoms with Gasteiger partial charge in [-0.05, 0) is 18.9 Å². The van der Waals surface area contributed by atoms with Crippen molar-refractivity contribution < 1.29 is 10.3 Å². The summed E-state index contributed by atoms with van der Waals surface area (Å²) in [5, 5.41) is 21.5. The summed E-state index contributed by atoms with van der Waals surface area (Å²) < 4.78 is 0. The lowest BCUT2D eigenvalue weighted by Crippen LogP contribution is -2.39. The van der Waals surface area contributed by atoms with E-state index < -0.39 is 0 Å². The van der Waals surface area contributed by atoms with E-state index in [9.17, 15) is 5.11 Å². The summed E-state index contributed by atoms with van der Waals surface area (Å²) in [6.07, 6.45) is 7.61. The Hall–Kier alpha value is -1.82. The quantitative estimate of drug-likeness (QED) is 0.326. The standard InChI is InChI=1S/C13H20N4O2/c14-13(16-19)11-5-6-15-8-12(11)17-7-3-1-2-4-10(17)9-18/h5-6,8,10,18-19H,1-4,7,9H2,(H2,14,16). The largest absolute Gasteiger partial charge is 0.409 e. The van der Waals surface area contributed by atoms with Crippen LogP contribution < -0.4 is 10.6 Å². The molecule has 2 heterocycles. The molecule has 6 nitrogen and oxygen atoms in total. The average Bonchev–Trinajstić information content (AvgIpc) is 2.71. The molecule has 19 heavy (non-hydrogen) atoms. The van der Waals surface area contributed by atoms with E-state index >= 15 is 0 Å². The molecule has 1 saturated heterocycles. The first-order chi connectivity index (χ1) is 9.27. The molecule has 1 atom stereocenters. The van der Waals surface area contributed by atoms with E-state index in [4.69, 9.17) is 10.9 Å². The van der Waals surface area contributed by atoms with Crippen molar-refractivity contribution in [2.75, 3.05) is 18.1 Å². The van der Waals surface area contributed by atoms with Crippen molar-refractivity contribution in [3.8, 4) is 0 Å². The summed E-state index contributed by atoms with van der Waals surface area (Å²) in [6, 6.07) is 1.79. The number of oxime groups is 1. The third-order valence-electron chi connectivity index (χ3n) is 3.58. The summed E-state index contributed by atoms with van der Waals surface area (Å²) in [5.74, 6) is 0.0679. The molecule has 0 amide bonds. The molecule has 1 aromatic rings. The van der Waals surface area contributed by atoms with Crippen molar-refractivity contribution >= 4 is 11.5 Å². The first-order valence-electron chi connectivity index (χ1n) is 6.57. The Bertz CT molecular complexity index is 450. The third kappa shape index (κ3) is 2.96. The maximum Gasteiger partial charge on any atom is 0.172 e. The minimum atomic E-state index is 0.0666. The highest BCUT2D eigenvalue weighted by molar-refractivity contribution is 6.02. The van der Waals surface area contributed by atoms with Crippen LogP contribution in [0.1, 0.15) is 31.2 Å². The van der Waals surface area contributed by atoms with Gasteiger partial charge in [0.1, 0.15) is 0 Å². The van der Waals surface area contributed by atoms with Crippen LogP contribution in [0.2, 0.25) is 0 Å². The Kier molecular flexibility index (Phi) is 4.57. The Morgan fingerprint density at radius 2 is 2.32 bits per heavy atom. The van der Waals surface area contributed by atoms with Gasteiger partial charge in [-0.2, -0.15) is 0 Å². The summed E-state index contributed by atoms with van der Waals surface area (Å²) in [6.45, 7) is 0.952. The highest BCUT2D eigenvalue weighted by atomic mass is 16.4. The van der Waals surface area contributed by atoms with Gasteiger partial charge < -0.3 is 20.9 Å². The van der Waals surface area contributed by atoms with Crippen LogP contribution in [0.25, 0.3) is 0 Å². The zero-order valence-corrected chi connectivity index (χ0v) is 10.9. The van der Waals surface area contributed by atoms with Crippen molar-refractivity contribution in [1.29, 1.82) is 0 Å². The monoisotopic (exact) mass is 264 g/mol. The molecule has 0 aliphatic carbocycles. The SMILES string of the molecule is N/C(=N/O)c1ccncc1N1CCCCCC1CO. The molecule has 1 aliphatic heterocycles. The molecule has 0 spiro atoms. The van der Waals surface area contributed by atoms with Crippen LogP contribution in [0.4, 0.5) is 5.69 Å². The number of pyridine rings is 1. The minimum Gasteiger partial charge on any atom is -0.409 e. The van der Waals surface area contributed by atoms with Crippen LogP contribution >= 0.6 is 0 Å². The van der Waals surface area contributed by atoms with Gasteiger partial charge in [-0.25, -0.2) is 0 Å². The van der Waals surface area contributed by atoms with Gasteiger partial charge in [0.2, 0.25) is 0 Å². The lowest BCUT2D eigenvalue weighted by atomic mass is 10.1. The summed E-state index contributed by atoms with van der Waals surface area (Å²) in [7, 11) is 0. The van der Waals surface area contributed by atoms with Gasteiger partial charge >= 0.3 is 0 Å². The molecule has 2 rings (SSSR count). The van der Waals surface area contributed by atoms with Gasteiger partial charge in [-0.15, -0.1) is 0 Å². The number of hydrogen-bond acceptors (Lipinski definition) is 5. The topological polar surface area (TPSA) is 95.0 Å². The predicted molar refractivity (Wildman–Crippen MR) is 73.4 cm³/mol. The van der Waals surface area contributed by atoms with Crippen LogP contribution in [0.3, 0.4) is 0 Å². The highest BCUT2D eigenvalue weighted by Crippen LogP contribution is 2.26. The van der Waals surface area contributed by atoms with E-state index in [1.165, 1.54) is 0 Å². The minimum absolute atomic E-state index is 0.0666. The molecular weight excluding hydrogens is 244 g/mol. The normalized spacial score (nSPS) is 21.2. The van der Waals surface area contributed by atoms with Crippen molar-refractivity contribution in [1.82, 2.24) is 4.98 Å². The predicted octanol–water partition coefficient (Wildman–Crippen LogP) is 0.917. The molecule has 104 valence electrons. The van der Waals surface area contributed by atoms with Gasteiger partial charge in [0.25, 0.3) is 0 Å². The number of aromatic nitrogens is 1. The van der Waals surface area contributed by atoms with Crippen LogP contribution in [0, 0.1) is 0 Å². The first kappa shape index (κ1) is 13.6. The molecule has 1 aliphatic rings. The molecular formula is C13H20N4O2. The average molecular weight is 264 g/mol. The maximum absolute atomic E-state index is 9.56. The third-order valence-corrected chi connectivity index (χ3v) is 3.58. The second kappa shape index (κ2) is 6.38. The number of amidine groups is 1. The molecule has 1 unspecified atom stereocenters. The Morgan fingerprint density at radius 1 is 1.47 bits per heavy atom. The lowest BCUT2D eigenvalue weighted by molar-refractivity contribution is 0.255. The van der Waals surface area contributed by atoms with Crippen LogP contribution in [0.5, 0.6) is 0 Å². The molecule has 0 saturated carbocycles. The second-order valence-corrected chi connectivity index (χ2v) is 4.76. The molecule has 0 radical (unpaired) electrons. The lowest BCUT2D eigenvalue weighted by Gasteiger charge is -2.31. The fraction of sp³-hybridized carbons (Fsp3) is 0.538. The Labute approximate surface area is 112 Å². The number of aliphatic hydroxyl groups is 1. The van der Waals surface area contributed by atoms with Crippen LogP contribution in [-0.4, -0.2) is 40.3 Å². The van der Waals surface area contributed by atoms with E-state index in [0.717, 1.165) is 37.9 Å². The zero-order valence-electron chi connectivity index (χ0n) is 10.9. The highest BCUT2D eigenvalue weighted by Gasteiger charge is 2.23. The van der Waals surface area contributed by atoms with E-state index in [0.29, 0.717) is 5.56 Å². The van der Waals surface area contributed by atoms with Gasteiger partial charge in [-0.1, -0.05) is 18.0 Å². The molecule has 4 N–H and O–H groups in total. The van der Waals surface area contributed by atoms with Crippen LogP contribution in [-0.2, 0) is 0 Å². The van der Waals surface area contributed by atoms with E-state index in [-0.39, 0.29) is 18.5 Å². The fourth-order valence-corrected chi connectivity index (χ4v) is 2.57. The number of nitrogens with zero attached hydrogens (tertiary/aromatic N) is 3. The molecule has 1 aromatic heterocycles. The second-order valence-electron chi connectivity index (χ2n) is 4.76. The molecule has 6 heteroatoms. The van der Waals surface area contributed by atoms with Gasteiger partial charge in [0.05, 0.1) is 24.5 Å². The van der Waals surface area contributed by atoms with E-state index in [1.54, 1.807) is 18.5 Å². The van der Waals surface area contributed by atoms with Crippen molar-refractivity contribution in [3.05, 3.63) is 24.0 Å². The fourth-order valence-electron chi connectivity index (χ4n) is 2.57. The molecule has 0 bridgehead atoms. The Morgan fingerprint density at radius 3 is 3.05 bits per heavy atom. The summed E-state index contributed by atoms with van der Waals surface area (Å²) in [5.41, 5.74) is 7.18. The van der Waals surface area contributed by atoms with Crippen molar-refractivity contribution in [2.24, 2.45) is 10.9 Å². The first-order valence-corrected chi connectivity index (χ1v) is 6.57. The van der Waals surface area contributed by atoms with Gasteiger partial charge in [0, 0.05) is 18.3 Å². The van der Waals surface area contributed by atoms with Crippen molar-refractivity contribution in [3.63, 3.8) is 0 Å². The smallest absolute Gasteiger partial charge is 0.172 e. The van der Waals surface area contributed by atoms with E-state index in [1.807, 2.05) is 0 Å². The summed E-state index contributed by atoms with van der Waals surface area (Å²) >= 11 is 0. The van der Waals surface area contributed by atoms with E-state index in [2.05, 4.69) is 15.0 Å². The summed E-state index contributed by atoms with van der Waals surface area (Å²) in [4.78, 5) is 6.24. The molecule has 0 aromatic carbocycles. The number of nitrogens with two attached hydrogens (primary N) is 1. The van der Waals surface area contributed by atoms with Crippen LogP contribution in [0.15, 0.2) is 23.6 Å². The van der Waals surface area contributed by atoms with Gasteiger partial charge in [0.15, 0.2) is 5.84 Å². The number of aliphatic hydroxyl groups excluding tert-OH is 1. The molecule has 1 fully saturated rings. The Balaban J connectivity index is 2.38. The maximum atomic E-state index is 9.56. The number of anilines is 1. The number of rotatable bonds is 3. The van der Waals surface area contributed by atoms with Gasteiger partial charge in [-0.3, -0.25) is 4.98 Å². The number of hydrogen-bond donors (Lipinski definition) is 3.